The van der Waals surface area contributed by atoms with Gasteiger partial charge < -0.3 is 15.8 Å². The molecule has 0 spiro atoms. The first kappa shape index (κ1) is 19.8. The van der Waals surface area contributed by atoms with Gasteiger partial charge in [-0.1, -0.05) is 24.3 Å². The smallest absolute Gasteiger partial charge is 0.312 e. The molecule has 5 rings (SSSR count). The van der Waals surface area contributed by atoms with Gasteiger partial charge in [0.25, 0.3) is 0 Å². The number of likely N-dealkylation sites (tertiary alicyclic amines) is 1. The van der Waals surface area contributed by atoms with Crippen LogP contribution in [0.25, 0.3) is 5.65 Å². The molecule has 8 heteroatoms. The van der Waals surface area contributed by atoms with E-state index in [-0.39, 0.29) is 17.7 Å². The number of hydrogen-bond donors (Lipinski definition) is 2. The highest BCUT2D eigenvalue weighted by Gasteiger charge is 2.39. The van der Waals surface area contributed by atoms with Gasteiger partial charge in [-0.05, 0) is 69.5 Å². The summed E-state index contributed by atoms with van der Waals surface area (Å²) in [6, 6.07) is 11.4. The predicted molar refractivity (Wildman–Crippen MR) is 117 cm³/mol. The molecule has 0 radical (unpaired) electrons. The van der Waals surface area contributed by atoms with Crippen molar-refractivity contribution in [3.8, 4) is 5.75 Å². The summed E-state index contributed by atoms with van der Waals surface area (Å²) in [5, 5.41) is 11.8. The number of pyridine rings is 1. The molecule has 3 atom stereocenters. The lowest BCUT2D eigenvalue weighted by Crippen LogP contribution is -2.37. The highest BCUT2D eigenvalue weighted by atomic mass is 16.5. The number of carbonyl (C=O) groups is 1. The van der Waals surface area contributed by atoms with Gasteiger partial charge in [-0.15, -0.1) is 10.2 Å². The van der Waals surface area contributed by atoms with Gasteiger partial charge in [-0.2, -0.15) is 0 Å². The zero-order chi connectivity index (χ0) is 21.6. The Morgan fingerprint density at radius 2 is 2.00 bits per heavy atom. The fraction of sp³-hybridized carbons (Fsp3) is 0.435. The van der Waals surface area contributed by atoms with E-state index in [0.29, 0.717) is 0 Å². The number of nitrogens with two attached hydrogens (primary N) is 1. The first-order valence-corrected chi connectivity index (χ1v) is 10.8. The molecule has 3 N–H and O–H groups in total. The maximum Gasteiger partial charge on any atom is 0.312 e. The minimum absolute atomic E-state index is 0.0849. The van der Waals surface area contributed by atoms with Crippen molar-refractivity contribution in [3.05, 3.63) is 59.5 Å². The van der Waals surface area contributed by atoms with Gasteiger partial charge in [0, 0.05) is 0 Å². The van der Waals surface area contributed by atoms with E-state index in [0.717, 1.165) is 60.6 Å². The van der Waals surface area contributed by atoms with E-state index in [1.807, 2.05) is 36.5 Å². The van der Waals surface area contributed by atoms with Crippen LogP contribution in [0.5, 0.6) is 5.75 Å². The SMILES string of the molecule is CN1CCC[C@]1(C)c1nnc2ccc(O[C@@H]3CC[C@H](NC(N)=O)c4ccccc43)cn12. The highest BCUT2D eigenvalue weighted by molar-refractivity contribution is 5.72. The normalized spacial score (nSPS) is 26.0. The number of nitrogens with one attached hydrogen (secondary N) is 1. The van der Waals surface area contributed by atoms with Crippen molar-refractivity contribution >= 4 is 11.7 Å². The average Bonchev–Trinajstić information content (AvgIpc) is 3.33. The molecule has 0 saturated carbocycles. The Balaban J connectivity index is 1.46. The topological polar surface area (TPSA) is 97.8 Å². The first-order valence-electron chi connectivity index (χ1n) is 10.8. The van der Waals surface area contributed by atoms with Gasteiger partial charge in [0.05, 0.1) is 17.8 Å². The van der Waals surface area contributed by atoms with Crippen molar-refractivity contribution in [3.63, 3.8) is 0 Å². The van der Waals surface area contributed by atoms with Gasteiger partial charge >= 0.3 is 6.03 Å². The maximum absolute atomic E-state index is 11.4. The lowest BCUT2D eigenvalue weighted by molar-refractivity contribution is 0.170. The van der Waals surface area contributed by atoms with Gasteiger partial charge in [-0.3, -0.25) is 9.30 Å². The summed E-state index contributed by atoms with van der Waals surface area (Å²) in [5.41, 5.74) is 8.19. The van der Waals surface area contributed by atoms with E-state index in [4.69, 9.17) is 10.5 Å². The number of fused-ring (bicyclic) bond motifs is 2. The van der Waals surface area contributed by atoms with Crippen molar-refractivity contribution in [2.45, 2.75) is 50.3 Å². The number of ether oxygens (including phenoxy) is 1. The Morgan fingerprint density at radius 1 is 1.19 bits per heavy atom. The molecule has 0 unspecified atom stereocenters. The second-order valence-corrected chi connectivity index (χ2v) is 8.79. The van der Waals surface area contributed by atoms with Crippen molar-refractivity contribution in [1.82, 2.24) is 24.8 Å². The fourth-order valence-electron chi connectivity index (χ4n) is 5.05. The van der Waals surface area contributed by atoms with Crippen LogP contribution in [0.15, 0.2) is 42.6 Å². The fourth-order valence-corrected chi connectivity index (χ4v) is 5.05. The second-order valence-electron chi connectivity index (χ2n) is 8.79. The Morgan fingerprint density at radius 3 is 2.74 bits per heavy atom. The third-order valence-corrected chi connectivity index (χ3v) is 6.89. The third kappa shape index (κ3) is 3.40. The van der Waals surface area contributed by atoms with Crippen molar-refractivity contribution in [2.24, 2.45) is 5.73 Å². The zero-order valence-corrected chi connectivity index (χ0v) is 17.9. The number of urea groups is 1. The molecule has 0 bridgehead atoms. The van der Waals surface area contributed by atoms with Crippen LogP contribution in [0.3, 0.4) is 0 Å². The van der Waals surface area contributed by atoms with Crippen LogP contribution in [0.1, 0.15) is 61.7 Å². The summed E-state index contributed by atoms with van der Waals surface area (Å²) in [6.07, 6.45) is 5.67. The summed E-state index contributed by atoms with van der Waals surface area (Å²) in [7, 11) is 2.14. The van der Waals surface area contributed by atoms with E-state index in [1.54, 1.807) is 0 Å². The molecule has 2 amide bonds. The lowest BCUT2D eigenvalue weighted by atomic mass is 9.85. The largest absolute Gasteiger partial charge is 0.484 e. The number of hydrogen-bond acceptors (Lipinski definition) is 5. The van der Waals surface area contributed by atoms with Crippen LogP contribution in [-0.2, 0) is 5.54 Å². The molecule has 1 fully saturated rings. The summed E-state index contributed by atoms with van der Waals surface area (Å²) in [6.45, 7) is 3.29. The van der Waals surface area contributed by atoms with Crippen LogP contribution in [0.4, 0.5) is 4.79 Å². The number of nitrogens with zero attached hydrogens (tertiary/aromatic N) is 4. The molecule has 1 aliphatic heterocycles. The second kappa shape index (κ2) is 7.53. The van der Waals surface area contributed by atoms with E-state index >= 15 is 0 Å². The van der Waals surface area contributed by atoms with Crippen LogP contribution in [0, 0.1) is 0 Å². The standard InChI is InChI=1S/C23H28N6O2/c1-23(12-5-13-28(23)2)21-27-26-20-11-8-15(14-29(20)21)31-19-10-9-18(25-22(24)30)16-6-3-4-7-17(16)19/h3-4,6-8,11,14,18-19H,5,9-10,12-13H2,1-2H3,(H3,24,25,30)/t18-,19+,23+/m0/s1. The first-order chi connectivity index (χ1) is 15.0. The minimum atomic E-state index is -0.505. The highest BCUT2D eigenvalue weighted by Crippen LogP contribution is 2.40. The summed E-state index contributed by atoms with van der Waals surface area (Å²) in [4.78, 5) is 13.7. The number of benzene rings is 1. The number of rotatable bonds is 4. The molecule has 1 aromatic carbocycles. The summed E-state index contributed by atoms with van der Waals surface area (Å²) >= 11 is 0. The van der Waals surface area contributed by atoms with E-state index in [9.17, 15) is 4.79 Å². The molecule has 8 nitrogen and oxygen atoms in total. The summed E-state index contributed by atoms with van der Waals surface area (Å²) in [5.74, 6) is 1.72. The average molecular weight is 421 g/mol. The van der Waals surface area contributed by atoms with Gasteiger partial charge in [0.15, 0.2) is 11.5 Å². The number of aromatic nitrogens is 3. The van der Waals surface area contributed by atoms with Crippen molar-refractivity contribution in [2.75, 3.05) is 13.6 Å². The van der Waals surface area contributed by atoms with E-state index in [2.05, 4.69) is 44.9 Å². The Hall–Kier alpha value is -3.13. The van der Waals surface area contributed by atoms with E-state index < -0.39 is 6.03 Å². The van der Waals surface area contributed by atoms with Crippen molar-refractivity contribution in [1.29, 1.82) is 0 Å². The molecule has 1 saturated heterocycles. The van der Waals surface area contributed by atoms with Crippen molar-refractivity contribution < 1.29 is 9.53 Å². The quantitative estimate of drug-likeness (QED) is 0.675. The van der Waals surface area contributed by atoms with Crippen LogP contribution >= 0.6 is 0 Å². The number of carbonyl (C=O) groups excluding carboxylic acids is 1. The molecule has 2 aromatic heterocycles. The maximum atomic E-state index is 11.4. The van der Waals surface area contributed by atoms with E-state index in [1.165, 1.54) is 0 Å². The van der Waals surface area contributed by atoms with Gasteiger partial charge in [0.1, 0.15) is 11.9 Å². The summed E-state index contributed by atoms with van der Waals surface area (Å²) < 4.78 is 8.51. The Bertz CT molecular complexity index is 1130. The van der Waals surface area contributed by atoms with Crippen LogP contribution in [0.2, 0.25) is 0 Å². The van der Waals surface area contributed by atoms with Gasteiger partial charge in [-0.25, -0.2) is 4.79 Å². The van der Waals surface area contributed by atoms with Crippen LogP contribution < -0.4 is 15.8 Å². The predicted octanol–water partition coefficient (Wildman–Crippen LogP) is 3.29. The number of amides is 2. The Kier molecular flexibility index (Phi) is 4.81. The Labute approximate surface area is 181 Å². The molecule has 162 valence electrons. The monoisotopic (exact) mass is 420 g/mol. The van der Waals surface area contributed by atoms with Gasteiger partial charge in [0.2, 0.25) is 0 Å². The molecule has 2 aliphatic rings. The molecular formula is C23H28N6O2. The molecule has 1 aliphatic carbocycles. The molecular weight excluding hydrogens is 392 g/mol. The van der Waals surface area contributed by atoms with Crippen LogP contribution in [-0.4, -0.2) is 39.1 Å². The zero-order valence-electron chi connectivity index (χ0n) is 17.9. The third-order valence-electron chi connectivity index (χ3n) is 6.89. The molecule has 31 heavy (non-hydrogen) atoms. The molecule has 3 aromatic rings. The lowest BCUT2D eigenvalue weighted by Gasteiger charge is -2.32. The minimum Gasteiger partial charge on any atom is -0.484 e. The number of primary amides is 1. The molecule has 3 heterocycles.